The summed E-state index contributed by atoms with van der Waals surface area (Å²) >= 11 is 6.38. The smallest absolute Gasteiger partial charge is 0.364 e. The molecular weight excluding hydrogens is 532 g/mol. The molecule has 12 heteroatoms. The van der Waals surface area contributed by atoms with E-state index in [1.165, 1.54) is 12.8 Å². The fourth-order valence-corrected chi connectivity index (χ4v) is 6.92. The lowest BCUT2D eigenvalue weighted by Gasteiger charge is -2.36. The molecular formula is C28H34ClN8O3+. The summed E-state index contributed by atoms with van der Waals surface area (Å²) in [4.78, 5) is 41.6. The molecule has 210 valence electrons. The summed E-state index contributed by atoms with van der Waals surface area (Å²) in [6.45, 7) is 6.63. The number of nitrogens with two attached hydrogens (primary N) is 1. The quantitative estimate of drug-likeness (QED) is 0.318. The van der Waals surface area contributed by atoms with Crippen molar-refractivity contribution in [2.75, 3.05) is 13.1 Å². The first-order valence-electron chi connectivity index (χ1n) is 14.0. The Labute approximate surface area is 236 Å². The Kier molecular flexibility index (Phi) is 6.95. The molecule has 11 nitrogen and oxygen atoms in total. The predicted octanol–water partition coefficient (Wildman–Crippen LogP) is 4.29. The lowest BCUT2D eigenvalue weighted by Crippen LogP contribution is -2.59. The number of rotatable bonds is 7. The number of imidazole rings is 1. The number of carbonyl (C=O) groups is 1. The maximum atomic E-state index is 12.8. The van der Waals surface area contributed by atoms with Crippen LogP contribution in [0, 0.1) is 11.8 Å². The number of H-pyrrole nitrogens is 1. The Hall–Kier alpha value is -3.57. The Balaban J connectivity index is 1.64. The standard InChI is InChI=1S/C28H33ClN8O3/c1-3-37(10-4-5-22(37)25(30)38)27-33-20-12-21(26-34-28(39)40-35-26)32-23(18-11-19(29)14-31-13-18)24(20)36(27)15-17-8-6-16(2)7-9-17/h11-14,16-17,22H,3-10,15H2,1-2H3,(H2-,30,34,35,38,39)/p+1/t16?,17?,22-,37?/m1/s1. The number of hydrogen-bond donors (Lipinski definition) is 2. The summed E-state index contributed by atoms with van der Waals surface area (Å²) in [7, 11) is 0. The van der Waals surface area contributed by atoms with Crippen LogP contribution in [0.2, 0.25) is 5.02 Å². The van der Waals surface area contributed by atoms with E-state index in [0.717, 1.165) is 56.2 Å². The number of nitrogens with zero attached hydrogens (tertiary/aromatic N) is 6. The predicted molar refractivity (Wildman–Crippen MR) is 152 cm³/mol. The van der Waals surface area contributed by atoms with Crippen molar-refractivity contribution in [3.8, 4) is 22.8 Å². The lowest BCUT2D eigenvalue weighted by atomic mass is 9.83. The van der Waals surface area contributed by atoms with Gasteiger partial charge in [-0.15, -0.1) is 0 Å². The number of aromatic amines is 1. The average molecular weight is 566 g/mol. The van der Waals surface area contributed by atoms with Crippen molar-refractivity contribution in [2.24, 2.45) is 17.6 Å². The van der Waals surface area contributed by atoms with E-state index in [4.69, 9.17) is 31.8 Å². The molecule has 5 heterocycles. The molecule has 40 heavy (non-hydrogen) atoms. The number of halogens is 1. The van der Waals surface area contributed by atoms with Crippen molar-refractivity contribution >= 4 is 34.5 Å². The van der Waals surface area contributed by atoms with Gasteiger partial charge in [0.1, 0.15) is 5.69 Å². The second-order valence-electron chi connectivity index (χ2n) is 11.3. The highest BCUT2D eigenvalue weighted by Gasteiger charge is 2.49. The van der Waals surface area contributed by atoms with Crippen molar-refractivity contribution in [1.29, 1.82) is 0 Å². The summed E-state index contributed by atoms with van der Waals surface area (Å²) < 4.78 is 7.45. The van der Waals surface area contributed by atoms with Crippen molar-refractivity contribution in [3.63, 3.8) is 0 Å². The molecule has 1 unspecified atom stereocenters. The van der Waals surface area contributed by atoms with Crippen LogP contribution in [0.25, 0.3) is 33.8 Å². The summed E-state index contributed by atoms with van der Waals surface area (Å²) in [5.41, 5.74) is 9.26. The number of nitrogens with one attached hydrogen (secondary N) is 1. The number of hydrogen-bond acceptors (Lipinski definition) is 7. The van der Waals surface area contributed by atoms with E-state index >= 15 is 0 Å². The number of amides is 1. The second kappa shape index (κ2) is 10.4. The van der Waals surface area contributed by atoms with Crippen molar-refractivity contribution in [3.05, 3.63) is 40.1 Å². The molecule has 1 amide bonds. The fraction of sp³-hybridized carbons (Fsp3) is 0.500. The van der Waals surface area contributed by atoms with Crippen LogP contribution in [0.1, 0.15) is 52.4 Å². The maximum absolute atomic E-state index is 12.8. The first kappa shape index (κ1) is 26.6. The van der Waals surface area contributed by atoms with E-state index in [-0.39, 0.29) is 17.8 Å². The first-order valence-corrected chi connectivity index (χ1v) is 14.4. The summed E-state index contributed by atoms with van der Waals surface area (Å²) in [6.07, 6.45) is 9.55. The molecule has 0 aromatic carbocycles. The Morgan fingerprint density at radius 1 is 1.20 bits per heavy atom. The number of quaternary nitrogens is 1. The highest BCUT2D eigenvalue weighted by Crippen LogP contribution is 2.41. The van der Waals surface area contributed by atoms with Gasteiger partial charge >= 0.3 is 11.7 Å². The van der Waals surface area contributed by atoms with Crippen LogP contribution in [0.15, 0.2) is 33.8 Å². The van der Waals surface area contributed by atoms with Crippen LogP contribution in [0.3, 0.4) is 0 Å². The molecule has 0 bridgehead atoms. The number of primary amides is 1. The van der Waals surface area contributed by atoms with Crippen LogP contribution >= 0.6 is 11.6 Å². The molecule has 1 aliphatic heterocycles. The van der Waals surface area contributed by atoms with Gasteiger partial charge in [0, 0.05) is 37.3 Å². The zero-order valence-electron chi connectivity index (χ0n) is 22.8. The zero-order chi connectivity index (χ0) is 28.0. The molecule has 3 N–H and O–H groups in total. The Bertz CT molecular complexity index is 1620. The molecule has 4 aromatic rings. The minimum atomic E-state index is -0.669. The van der Waals surface area contributed by atoms with Gasteiger partial charge in [0.15, 0.2) is 6.04 Å². The van der Waals surface area contributed by atoms with Gasteiger partial charge in [-0.25, -0.2) is 14.3 Å². The maximum Gasteiger partial charge on any atom is 0.439 e. The molecule has 4 aromatic heterocycles. The molecule has 0 spiro atoms. The normalized spacial score (nSPS) is 25.0. The molecule has 2 aliphatic rings. The molecule has 1 saturated heterocycles. The lowest BCUT2D eigenvalue weighted by molar-refractivity contribution is -0.122. The molecule has 1 aliphatic carbocycles. The van der Waals surface area contributed by atoms with Crippen LogP contribution in [0.5, 0.6) is 0 Å². The molecule has 1 saturated carbocycles. The van der Waals surface area contributed by atoms with Gasteiger partial charge in [-0.3, -0.25) is 23.9 Å². The Morgan fingerprint density at radius 3 is 2.67 bits per heavy atom. The number of aromatic nitrogens is 6. The van der Waals surface area contributed by atoms with Gasteiger partial charge in [-0.2, -0.15) is 4.98 Å². The van der Waals surface area contributed by atoms with Crippen molar-refractivity contribution in [1.82, 2.24) is 34.1 Å². The molecule has 0 radical (unpaired) electrons. The van der Waals surface area contributed by atoms with Gasteiger partial charge in [0.2, 0.25) is 5.82 Å². The molecule has 2 atom stereocenters. The van der Waals surface area contributed by atoms with Crippen LogP contribution in [-0.4, -0.2) is 54.7 Å². The van der Waals surface area contributed by atoms with Gasteiger partial charge in [0.05, 0.1) is 34.8 Å². The van der Waals surface area contributed by atoms with Crippen LogP contribution < -0.4 is 16.0 Å². The first-order chi connectivity index (χ1) is 19.3. The second-order valence-corrected chi connectivity index (χ2v) is 11.8. The van der Waals surface area contributed by atoms with Gasteiger partial charge < -0.3 is 5.73 Å². The van der Waals surface area contributed by atoms with Crippen molar-refractivity contribution in [2.45, 2.75) is 65.0 Å². The molecule has 6 rings (SSSR count). The van der Waals surface area contributed by atoms with Crippen LogP contribution in [0.4, 0.5) is 5.95 Å². The fourth-order valence-electron chi connectivity index (χ4n) is 6.75. The number of likely N-dealkylation sites (N-methyl/N-ethyl adjacent to an activating group) is 1. The van der Waals surface area contributed by atoms with Gasteiger partial charge in [-0.1, -0.05) is 36.5 Å². The highest BCUT2D eigenvalue weighted by molar-refractivity contribution is 6.30. The van der Waals surface area contributed by atoms with Gasteiger partial charge in [0.25, 0.3) is 5.91 Å². The summed E-state index contributed by atoms with van der Waals surface area (Å²) in [5, 5.41) is 4.35. The Morgan fingerprint density at radius 2 is 2.00 bits per heavy atom. The number of likely N-dealkylation sites (tertiary alicyclic amines) is 1. The zero-order valence-corrected chi connectivity index (χ0v) is 23.5. The van der Waals surface area contributed by atoms with E-state index in [1.807, 2.05) is 12.1 Å². The minimum absolute atomic E-state index is 0.205. The number of fused-ring (bicyclic) bond motifs is 1. The SMILES string of the molecule is CC[N+]1(c2nc3cc(-c4noc(=O)[nH]4)nc(-c4cncc(Cl)c4)c3n2CC2CCC(C)CC2)CCC[C@@H]1C(N)=O. The minimum Gasteiger partial charge on any atom is -0.364 e. The number of carbonyl (C=O) groups excluding carboxylic acids is 1. The topological polar surface area (TPSA) is 146 Å². The molecule has 2 fully saturated rings. The van der Waals surface area contributed by atoms with Crippen LogP contribution in [-0.2, 0) is 11.3 Å². The average Bonchev–Trinajstić information content (AvgIpc) is 3.67. The van der Waals surface area contributed by atoms with E-state index in [2.05, 4.69) is 33.5 Å². The number of pyridine rings is 2. The summed E-state index contributed by atoms with van der Waals surface area (Å²) in [5.74, 6) is 1.25. The third-order valence-corrected chi connectivity index (χ3v) is 9.07. The third-order valence-electron chi connectivity index (χ3n) is 8.86. The largest absolute Gasteiger partial charge is 0.439 e. The van der Waals surface area contributed by atoms with E-state index in [0.29, 0.717) is 44.4 Å². The third kappa shape index (κ3) is 4.60. The van der Waals surface area contributed by atoms with Gasteiger partial charge in [-0.05, 0) is 43.7 Å². The van der Waals surface area contributed by atoms with E-state index in [1.54, 1.807) is 12.4 Å². The monoisotopic (exact) mass is 565 g/mol. The van der Waals surface area contributed by atoms with E-state index in [9.17, 15) is 9.59 Å². The highest BCUT2D eigenvalue weighted by atomic mass is 35.5. The summed E-state index contributed by atoms with van der Waals surface area (Å²) in [6, 6.07) is 3.27. The van der Waals surface area contributed by atoms with E-state index < -0.39 is 5.76 Å². The van der Waals surface area contributed by atoms with Crippen molar-refractivity contribution < 1.29 is 9.32 Å².